The van der Waals surface area contributed by atoms with Gasteiger partial charge in [-0.15, -0.1) is 0 Å². The third-order valence-corrected chi connectivity index (χ3v) is 3.80. The van der Waals surface area contributed by atoms with Gasteiger partial charge in [0.2, 0.25) is 10.0 Å². The molecule has 1 aromatic heterocycles. The molecule has 0 spiro atoms. The minimum absolute atomic E-state index is 0.345. The van der Waals surface area contributed by atoms with Gasteiger partial charge in [0.05, 0.1) is 23.2 Å². The molecule has 0 unspecified atom stereocenters. The summed E-state index contributed by atoms with van der Waals surface area (Å²) in [6.45, 7) is 3.63. The summed E-state index contributed by atoms with van der Waals surface area (Å²) in [5.74, 6) is 0. The predicted molar refractivity (Wildman–Crippen MR) is 89.8 cm³/mol. The highest BCUT2D eigenvalue weighted by atomic mass is 35.5. The molecule has 0 saturated carbocycles. The lowest BCUT2D eigenvalue weighted by Crippen LogP contribution is -2.10. The van der Waals surface area contributed by atoms with Crippen molar-refractivity contribution in [2.45, 2.75) is 26.4 Å². The van der Waals surface area contributed by atoms with Crippen molar-refractivity contribution < 1.29 is 8.42 Å². The van der Waals surface area contributed by atoms with Crippen molar-refractivity contribution in [3.8, 4) is 0 Å². The molecule has 0 aliphatic carbocycles. The monoisotopic (exact) mass is 342 g/mol. The van der Waals surface area contributed by atoms with Gasteiger partial charge in [-0.25, -0.2) is 8.42 Å². The number of anilines is 2. The smallest absolute Gasteiger partial charge is 0.229 e. The third-order valence-electron chi connectivity index (χ3n) is 2.90. The van der Waals surface area contributed by atoms with Crippen LogP contribution in [0.4, 0.5) is 11.4 Å². The van der Waals surface area contributed by atoms with Crippen LogP contribution in [-0.4, -0.2) is 24.5 Å². The maximum Gasteiger partial charge on any atom is 0.229 e. The standard InChI is InChI=1S/C14H19ClN4O2S/c1-3-6-19-10-11(9-17-19)8-16-12-4-5-14(13(15)7-12)18-22(2,20)21/h4-5,7,9-10,16,18H,3,6,8H2,1-2H3. The molecule has 6 nitrogen and oxygen atoms in total. The van der Waals surface area contributed by atoms with E-state index in [1.807, 2.05) is 17.1 Å². The Morgan fingerprint density at radius 3 is 2.77 bits per heavy atom. The molecule has 0 saturated heterocycles. The van der Waals surface area contributed by atoms with Gasteiger partial charge in [0, 0.05) is 30.5 Å². The van der Waals surface area contributed by atoms with Crippen molar-refractivity contribution >= 4 is 33.0 Å². The van der Waals surface area contributed by atoms with Crippen molar-refractivity contribution in [3.05, 3.63) is 41.2 Å². The molecule has 0 radical (unpaired) electrons. The molecule has 2 rings (SSSR count). The van der Waals surface area contributed by atoms with Crippen molar-refractivity contribution in [2.75, 3.05) is 16.3 Å². The van der Waals surface area contributed by atoms with Gasteiger partial charge >= 0.3 is 0 Å². The van der Waals surface area contributed by atoms with E-state index in [9.17, 15) is 8.42 Å². The normalized spacial score (nSPS) is 11.4. The zero-order valence-corrected chi connectivity index (χ0v) is 14.1. The number of nitrogens with zero attached hydrogens (tertiary/aromatic N) is 2. The van der Waals surface area contributed by atoms with Crippen LogP contribution in [-0.2, 0) is 23.1 Å². The van der Waals surface area contributed by atoms with E-state index in [1.54, 1.807) is 18.2 Å². The van der Waals surface area contributed by atoms with E-state index < -0.39 is 10.0 Å². The summed E-state index contributed by atoms with van der Waals surface area (Å²) in [4.78, 5) is 0. The first-order valence-electron chi connectivity index (χ1n) is 6.90. The lowest BCUT2D eigenvalue weighted by Gasteiger charge is -2.09. The minimum atomic E-state index is -3.34. The summed E-state index contributed by atoms with van der Waals surface area (Å²) in [5.41, 5.74) is 2.25. The molecule has 1 heterocycles. The number of aryl methyl sites for hydroxylation is 1. The topological polar surface area (TPSA) is 76.0 Å². The van der Waals surface area contributed by atoms with Gasteiger partial charge in [0.25, 0.3) is 0 Å². The lowest BCUT2D eigenvalue weighted by molar-refractivity contribution is 0.602. The number of benzene rings is 1. The Hall–Kier alpha value is -1.73. The Morgan fingerprint density at radius 1 is 1.36 bits per heavy atom. The second-order valence-electron chi connectivity index (χ2n) is 5.03. The Balaban J connectivity index is 1.99. The molecular formula is C14H19ClN4O2S. The van der Waals surface area contributed by atoms with Crippen LogP contribution in [0.25, 0.3) is 0 Å². The molecule has 0 aliphatic heterocycles. The van der Waals surface area contributed by atoms with E-state index in [0.29, 0.717) is 17.3 Å². The van der Waals surface area contributed by atoms with Gasteiger partial charge in [-0.05, 0) is 24.6 Å². The van der Waals surface area contributed by atoms with E-state index in [2.05, 4.69) is 22.1 Å². The van der Waals surface area contributed by atoms with Gasteiger partial charge in [0.1, 0.15) is 0 Å². The quantitative estimate of drug-likeness (QED) is 0.811. The van der Waals surface area contributed by atoms with Crippen LogP contribution in [0, 0.1) is 0 Å². The first kappa shape index (κ1) is 16.6. The number of aromatic nitrogens is 2. The molecule has 22 heavy (non-hydrogen) atoms. The highest BCUT2D eigenvalue weighted by Crippen LogP contribution is 2.26. The average Bonchev–Trinajstić information content (AvgIpc) is 2.86. The fourth-order valence-electron chi connectivity index (χ4n) is 1.96. The molecule has 0 atom stereocenters. The molecule has 8 heteroatoms. The first-order chi connectivity index (χ1) is 10.4. The largest absolute Gasteiger partial charge is 0.381 e. The Kier molecular flexibility index (Phi) is 5.31. The Labute approximate surface area is 135 Å². The SMILES string of the molecule is CCCn1cc(CNc2ccc(NS(C)(=O)=O)c(Cl)c2)cn1. The summed E-state index contributed by atoms with van der Waals surface area (Å²) in [7, 11) is -3.34. The number of nitrogens with one attached hydrogen (secondary N) is 2. The van der Waals surface area contributed by atoms with Crippen LogP contribution in [0.5, 0.6) is 0 Å². The zero-order valence-electron chi connectivity index (χ0n) is 12.5. The molecule has 1 aromatic carbocycles. The first-order valence-corrected chi connectivity index (χ1v) is 9.17. The highest BCUT2D eigenvalue weighted by Gasteiger charge is 2.07. The van der Waals surface area contributed by atoms with E-state index in [-0.39, 0.29) is 0 Å². The fraction of sp³-hybridized carbons (Fsp3) is 0.357. The Bertz CT molecular complexity index is 743. The summed E-state index contributed by atoms with van der Waals surface area (Å²) < 4.78 is 26.7. The predicted octanol–water partition coefficient (Wildman–Crippen LogP) is 2.93. The van der Waals surface area contributed by atoms with Crippen molar-refractivity contribution in [2.24, 2.45) is 0 Å². The molecule has 120 valence electrons. The maximum atomic E-state index is 11.2. The van der Waals surface area contributed by atoms with Gasteiger partial charge in [0.15, 0.2) is 0 Å². The van der Waals surface area contributed by atoms with Crippen LogP contribution in [0.15, 0.2) is 30.6 Å². The number of hydrogen-bond acceptors (Lipinski definition) is 4. The molecular weight excluding hydrogens is 324 g/mol. The van der Waals surface area contributed by atoms with Crippen molar-refractivity contribution in [1.82, 2.24) is 9.78 Å². The number of halogens is 1. The second-order valence-corrected chi connectivity index (χ2v) is 7.19. The van der Waals surface area contributed by atoms with E-state index in [4.69, 9.17) is 11.6 Å². The fourth-order valence-corrected chi connectivity index (χ4v) is 2.82. The number of hydrogen-bond donors (Lipinski definition) is 2. The Morgan fingerprint density at radius 2 is 2.14 bits per heavy atom. The van der Waals surface area contributed by atoms with Gasteiger partial charge in [-0.2, -0.15) is 5.10 Å². The molecule has 2 aromatic rings. The molecule has 0 bridgehead atoms. The summed E-state index contributed by atoms with van der Waals surface area (Å²) >= 11 is 6.08. The van der Waals surface area contributed by atoms with E-state index in [0.717, 1.165) is 30.5 Å². The van der Waals surface area contributed by atoms with Crippen LogP contribution in [0.2, 0.25) is 5.02 Å². The second kappa shape index (κ2) is 7.02. The maximum absolute atomic E-state index is 11.2. The highest BCUT2D eigenvalue weighted by molar-refractivity contribution is 7.92. The van der Waals surface area contributed by atoms with Gasteiger partial charge in [-0.3, -0.25) is 9.40 Å². The van der Waals surface area contributed by atoms with Crippen LogP contribution in [0.1, 0.15) is 18.9 Å². The van der Waals surface area contributed by atoms with Crippen molar-refractivity contribution in [1.29, 1.82) is 0 Å². The zero-order chi connectivity index (χ0) is 16.2. The van der Waals surface area contributed by atoms with Crippen LogP contribution >= 0.6 is 11.6 Å². The van der Waals surface area contributed by atoms with Gasteiger partial charge in [-0.1, -0.05) is 18.5 Å². The lowest BCUT2D eigenvalue weighted by atomic mass is 10.2. The molecule has 2 N–H and O–H groups in total. The average molecular weight is 343 g/mol. The minimum Gasteiger partial charge on any atom is -0.381 e. The van der Waals surface area contributed by atoms with Crippen LogP contribution in [0.3, 0.4) is 0 Å². The number of rotatable bonds is 7. The van der Waals surface area contributed by atoms with Gasteiger partial charge < -0.3 is 5.32 Å². The van der Waals surface area contributed by atoms with Crippen molar-refractivity contribution in [3.63, 3.8) is 0 Å². The number of sulfonamides is 1. The summed E-state index contributed by atoms with van der Waals surface area (Å²) in [6, 6.07) is 5.09. The third kappa shape index (κ3) is 4.92. The molecule has 0 fully saturated rings. The molecule has 0 amide bonds. The van der Waals surface area contributed by atoms with E-state index >= 15 is 0 Å². The van der Waals surface area contributed by atoms with E-state index in [1.165, 1.54) is 0 Å². The summed E-state index contributed by atoms with van der Waals surface area (Å²) in [6.07, 6.45) is 5.95. The summed E-state index contributed by atoms with van der Waals surface area (Å²) in [5, 5.41) is 7.84. The molecule has 0 aliphatic rings. The van der Waals surface area contributed by atoms with Crippen LogP contribution < -0.4 is 10.0 Å².